The minimum atomic E-state index is -0.197. The first kappa shape index (κ1) is 55.8. The number of aliphatic hydroxyl groups excluding tert-OH is 1. The summed E-state index contributed by atoms with van der Waals surface area (Å²) in [6, 6.07) is 0. The van der Waals surface area contributed by atoms with Crippen molar-refractivity contribution in [1.29, 1.82) is 0 Å². The third-order valence-corrected chi connectivity index (χ3v) is 11.3. The zero-order chi connectivity index (χ0) is 47.6. The summed E-state index contributed by atoms with van der Waals surface area (Å²) in [6.07, 6.45) is 1.97. The summed E-state index contributed by atoms with van der Waals surface area (Å²) < 4.78 is 76.5. The molecule has 0 amide bonds. The van der Waals surface area contributed by atoms with E-state index in [0.717, 1.165) is 59.0 Å². The van der Waals surface area contributed by atoms with E-state index < -0.39 is 0 Å². The van der Waals surface area contributed by atoms with Crippen LogP contribution in [0.2, 0.25) is 0 Å². The maximum Gasteiger partial charge on any atom is 0.172 e. The van der Waals surface area contributed by atoms with Gasteiger partial charge in [-0.1, -0.05) is 32.3 Å². The van der Waals surface area contributed by atoms with E-state index in [4.69, 9.17) is 82.7 Å². The van der Waals surface area contributed by atoms with Gasteiger partial charge in [0.25, 0.3) is 0 Å². The Morgan fingerprint density at radius 2 is 0.851 bits per heavy atom. The van der Waals surface area contributed by atoms with E-state index in [1.54, 1.807) is 34.0 Å². The van der Waals surface area contributed by atoms with Crippen LogP contribution in [0.3, 0.4) is 0 Å². The molecule has 0 radical (unpaired) electrons. The molecule has 0 aromatic carbocycles. The molecule has 0 saturated carbocycles. The van der Waals surface area contributed by atoms with Crippen molar-refractivity contribution in [2.45, 2.75) is 58.0 Å². The molecule has 0 aliphatic carbocycles. The van der Waals surface area contributed by atoms with Gasteiger partial charge in [0, 0.05) is 67.6 Å². The first-order valence-corrected chi connectivity index (χ1v) is 26.0. The molecule has 4 aromatic heterocycles. The fourth-order valence-corrected chi connectivity index (χ4v) is 8.15. The maximum absolute atomic E-state index is 8.75. The predicted molar refractivity (Wildman–Crippen MR) is 258 cm³/mol. The van der Waals surface area contributed by atoms with E-state index in [-0.39, 0.29) is 31.0 Å². The van der Waals surface area contributed by atoms with Gasteiger partial charge in [0.2, 0.25) is 0 Å². The molecule has 0 spiro atoms. The molecule has 376 valence electrons. The normalized spacial score (nSPS) is 17.9. The summed E-state index contributed by atoms with van der Waals surface area (Å²) in [5.74, 6) is 6.46. The molecule has 8 heterocycles. The third-order valence-electron chi connectivity index (χ3n) is 8.49. The average molecular weight is 1020 g/mol. The van der Waals surface area contributed by atoms with Crippen LogP contribution in [-0.2, 0) is 28.4 Å². The number of ether oxygens (including phenoxy) is 14. The van der Waals surface area contributed by atoms with E-state index in [9.17, 15) is 0 Å². The van der Waals surface area contributed by atoms with Gasteiger partial charge in [-0.2, -0.15) is 0 Å². The van der Waals surface area contributed by atoms with E-state index in [1.807, 2.05) is 43.0 Å². The summed E-state index contributed by atoms with van der Waals surface area (Å²) in [6.45, 7) is 15.9. The Hall–Kier alpha value is -3.81. The number of fused-ring (bicyclic) bond motifs is 4. The zero-order valence-electron chi connectivity index (χ0n) is 38.5. The van der Waals surface area contributed by atoms with E-state index >= 15 is 0 Å². The van der Waals surface area contributed by atoms with Crippen LogP contribution in [0.15, 0.2) is 48.2 Å². The average Bonchev–Trinajstić information content (AvgIpc) is 4.21. The minimum Gasteiger partial charge on any atom is -0.485 e. The first-order valence-electron chi connectivity index (χ1n) is 22.2. The van der Waals surface area contributed by atoms with E-state index in [0.29, 0.717) is 112 Å². The summed E-state index contributed by atoms with van der Waals surface area (Å²) >= 11 is 6.25. The second kappa shape index (κ2) is 35.3. The highest BCUT2D eigenvalue weighted by atomic mass is 32.1. The molecule has 4 aliphatic heterocycles. The summed E-state index contributed by atoms with van der Waals surface area (Å²) in [7, 11) is 0. The lowest BCUT2D eigenvalue weighted by atomic mass is 10.3. The maximum atomic E-state index is 8.75. The predicted octanol–water partition coefficient (Wildman–Crippen LogP) is 7.74. The number of azide groups is 1. The standard InChI is InChI=1S/C12H18O4S.C11H15N3O4S.C11H17NO4S.C7H8O3S.C3H8/c1-2-3-13-4-5-14-6-10-7-15-11-8-17-9-12(11)16-10;12-14-13-1-2-15-3-4-16-5-9-6-17-10-7-19-8-11(10)18-9;12-1-2-13-3-4-14-5-9-6-15-10-7-17-8-11(10)16-9;8-1-5-2-9-6-3-11-4-7(6)10-5;1-3-2/h8-10H,2-7H2,1H3;7-9H,1-6H2;7-9H,1-6,12H2;3-5,8H,1-2H2;3H2,1-2H3. The smallest absolute Gasteiger partial charge is 0.172 e. The lowest BCUT2D eigenvalue weighted by Crippen LogP contribution is -2.33. The van der Waals surface area contributed by atoms with Crippen molar-refractivity contribution < 1.29 is 71.4 Å². The highest BCUT2D eigenvalue weighted by molar-refractivity contribution is 7.09. The van der Waals surface area contributed by atoms with Gasteiger partial charge in [0.1, 0.15) is 26.4 Å². The SMILES string of the molecule is CCC.CCCOCCOCC1COc2cscc2O1.NCCOCCOCC1COc2cscc2O1.OCC1COc2cscc2O1.[N-]=[N+]=NCCOCCOCC1COc2cscc2O1. The molecule has 4 atom stereocenters. The van der Waals surface area contributed by atoms with Crippen LogP contribution in [0.5, 0.6) is 46.0 Å². The number of aliphatic hydroxyl groups is 1. The Morgan fingerprint density at radius 3 is 1.21 bits per heavy atom. The van der Waals surface area contributed by atoms with Crippen molar-refractivity contribution in [3.8, 4) is 46.0 Å². The third kappa shape index (κ3) is 22.4. The zero-order valence-corrected chi connectivity index (χ0v) is 41.8. The van der Waals surface area contributed by atoms with Gasteiger partial charge < -0.3 is 77.2 Å². The van der Waals surface area contributed by atoms with Crippen LogP contribution < -0.4 is 43.6 Å². The van der Waals surface area contributed by atoms with Crippen LogP contribution in [-0.4, -0.2) is 155 Å². The highest BCUT2D eigenvalue weighted by Crippen LogP contribution is 2.37. The Bertz CT molecular complexity index is 1810. The van der Waals surface area contributed by atoms with Gasteiger partial charge in [-0.25, -0.2) is 0 Å². The molecular formula is C44H66N4O15S4. The summed E-state index contributed by atoms with van der Waals surface area (Å²) in [5.41, 5.74) is 13.4. The topological polar surface area (TPSA) is 224 Å². The van der Waals surface area contributed by atoms with Crippen LogP contribution in [0.1, 0.15) is 33.6 Å². The Labute approximate surface area is 408 Å². The van der Waals surface area contributed by atoms with Gasteiger partial charge in [0.05, 0.1) is 79.3 Å². The molecular weight excluding hydrogens is 953 g/mol. The van der Waals surface area contributed by atoms with Gasteiger partial charge in [0.15, 0.2) is 70.4 Å². The molecule has 67 heavy (non-hydrogen) atoms. The molecule has 19 nitrogen and oxygen atoms in total. The molecule has 4 aromatic rings. The van der Waals surface area contributed by atoms with Crippen LogP contribution in [0.25, 0.3) is 10.4 Å². The molecule has 4 unspecified atom stereocenters. The van der Waals surface area contributed by atoms with E-state index in [1.165, 1.54) is 17.8 Å². The molecule has 3 N–H and O–H groups in total. The van der Waals surface area contributed by atoms with Crippen LogP contribution >= 0.6 is 45.3 Å². The van der Waals surface area contributed by atoms with Gasteiger partial charge in [-0.15, -0.1) is 45.3 Å². The number of hydrogen-bond acceptors (Lipinski definition) is 21. The Balaban J connectivity index is 0.000000194. The quantitative estimate of drug-likeness (QED) is 0.0314. The fraction of sp³-hybridized carbons (Fsp3) is 0.636. The Kier molecular flexibility index (Phi) is 29.4. The number of thiophene rings is 4. The van der Waals surface area contributed by atoms with Crippen LogP contribution in [0.4, 0.5) is 0 Å². The van der Waals surface area contributed by atoms with Crippen molar-refractivity contribution >= 4 is 45.3 Å². The lowest BCUT2D eigenvalue weighted by Gasteiger charge is -2.24. The molecule has 0 bridgehead atoms. The van der Waals surface area contributed by atoms with Crippen molar-refractivity contribution in [2.24, 2.45) is 10.8 Å². The van der Waals surface area contributed by atoms with Gasteiger partial charge >= 0.3 is 0 Å². The highest BCUT2D eigenvalue weighted by Gasteiger charge is 2.24. The second-order valence-corrected chi connectivity index (χ2v) is 17.3. The molecule has 8 rings (SSSR count). The summed E-state index contributed by atoms with van der Waals surface area (Å²) in [4.78, 5) is 2.63. The van der Waals surface area contributed by atoms with E-state index in [2.05, 4.69) is 30.8 Å². The number of nitrogens with two attached hydrogens (primary N) is 1. The molecule has 0 saturated heterocycles. The lowest BCUT2D eigenvalue weighted by molar-refractivity contribution is -0.0117. The molecule has 0 fully saturated rings. The fourth-order valence-electron chi connectivity index (χ4n) is 5.46. The number of hydrogen-bond donors (Lipinski definition) is 2. The van der Waals surface area contributed by atoms with Crippen molar-refractivity contribution in [1.82, 2.24) is 0 Å². The Morgan fingerprint density at radius 1 is 0.522 bits per heavy atom. The second-order valence-electron chi connectivity index (χ2n) is 14.3. The largest absolute Gasteiger partial charge is 0.485 e. The first-order chi connectivity index (χ1) is 33.0. The van der Waals surface area contributed by atoms with Gasteiger partial charge in [-0.3, -0.25) is 0 Å². The molecule has 23 heteroatoms. The van der Waals surface area contributed by atoms with Crippen LogP contribution in [0, 0.1) is 0 Å². The summed E-state index contributed by atoms with van der Waals surface area (Å²) in [5, 5.41) is 27.5. The molecule has 4 aliphatic rings. The van der Waals surface area contributed by atoms with Crippen molar-refractivity contribution in [3.05, 3.63) is 53.5 Å². The number of rotatable bonds is 23. The van der Waals surface area contributed by atoms with Crippen molar-refractivity contribution in [2.75, 3.05) is 125 Å². The number of nitrogens with zero attached hydrogens (tertiary/aromatic N) is 3. The van der Waals surface area contributed by atoms with Crippen molar-refractivity contribution in [3.63, 3.8) is 0 Å². The van der Waals surface area contributed by atoms with Gasteiger partial charge in [-0.05, 0) is 12.0 Å². The minimum absolute atomic E-state index is 0.00921. The monoisotopic (exact) mass is 1020 g/mol.